The average Bonchev–Trinajstić information content (AvgIpc) is 2.81. The van der Waals surface area contributed by atoms with Gasteiger partial charge in [0.15, 0.2) is 0 Å². The van der Waals surface area contributed by atoms with E-state index in [4.69, 9.17) is 4.74 Å². The third-order valence-electron chi connectivity index (χ3n) is 6.54. The molecule has 31 heavy (non-hydrogen) atoms. The molecule has 9 heteroatoms. The predicted molar refractivity (Wildman–Crippen MR) is 112 cm³/mol. The van der Waals surface area contributed by atoms with Gasteiger partial charge < -0.3 is 19.4 Å². The van der Waals surface area contributed by atoms with E-state index in [0.29, 0.717) is 31.9 Å². The van der Waals surface area contributed by atoms with Crippen LogP contribution in [0.1, 0.15) is 43.1 Å². The minimum atomic E-state index is -0.545. The van der Waals surface area contributed by atoms with E-state index in [1.165, 1.54) is 18.6 Å². The number of piperazine rings is 1. The number of esters is 1. The molecule has 3 heterocycles. The monoisotopic (exact) mass is 427 g/mol. The van der Waals surface area contributed by atoms with Crippen molar-refractivity contribution in [3.8, 4) is 0 Å². The molecule has 166 valence electrons. The lowest BCUT2D eigenvalue weighted by Gasteiger charge is -2.48. The van der Waals surface area contributed by atoms with Gasteiger partial charge in [0.2, 0.25) is 0 Å². The summed E-state index contributed by atoms with van der Waals surface area (Å²) in [5.74, 6) is -0.827. The van der Waals surface area contributed by atoms with Gasteiger partial charge in [-0.25, -0.2) is 9.78 Å². The number of ether oxygens (including phenoxy) is 1. The summed E-state index contributed by atoms with van der Waals surface area (Å²) in [6, 6.07) is 0.105. The first kappa shape index (κ1) is 21.3. The summed E-state index contributed by atoms with van der Waals surface area (Å²) in [4.78, 5) is 52.4. The van der Waals surface area contributed by atoms with E-state index < -0.39 is 5.97 Å². The maximum absolute atomic E-state index is 13.2. The molecule has 9 nitrogen and oxygen atoms in total. The number of hydrogen-bond acceptors (Lipinski definition) is 7. The van der Waals surface area contributed by atoms with Gasteiger partial charge in [-0.15, -0.1) is 0 Å². The molecule has 0 bridgehead atoms. The minimum absolute atomic E-state index is 0.105. The standard InChI is InChI=1S/C22H29N5O4/c1-3-31-22(30)18-19(15-6-4-5-7-17(15)25(2)21(18)29)26-10-12-27(13-11-26)20(28)16-14-23-8-9-24-16/h8-9,14-15,17H,3-7,10-13H2,1-2H3. The Labute approximate surface area is 182 Å². The fourth-order valence-electron chi connectivity index (χ4n) is 5.03. The number of aromatic nitrogens is 2. The SMILES string of the molecule is CCOC(=O)C1=C(N2CCN(C(=O)c3cnccn3)CC2)C2CCCCC2N(C)C1=O. The number of rotatable bonds is 4. The zero-order valence-electron chi connectivity index (χ0n) is 18.1. The van der Waals surface area contributed by atoms with Crippen LogP contribution in [0.25, 0.3) is 0 Å². The fourth-order valence-corrected chi connectivity index (χ4v) is 5.03. The quantitative estimate of drug-likeness (QED) is 0.524. The van der Waals surface area contributed by atoms with Gasteiger partial charge in [0, 0.05) is 63.3 Å². The van der Waals surface area contributed by atoms with E-state index in [2.05, 4.69) is 14.9 Å². The lowest BCUT2D eigenvalue weighted by molar-refractivity contribution is -0.144. The summed E-state index contributed by atoms with van der Waals surface area (Å²) in [5, 5.41) is 0. The first-order valence-electron chi connectivity index (χ1n) is 11.0. The molecule has 2 fully saturated rings. The molecule has 1 aromatic rings. The van der Waals surface area contributed by atoms with E-state index in [1.807, 2.05) is 0 Å². The van der Waals surface area contributed by atoms with Crippen LogP contribution in [-0.4, -0.2) is 88.3 Å². The highest BCUT2D eigenvalue weighted by molar-refractivity contribution is 6.17. The van der Waals surface area contributed by atoms with Gasteiger partial charge in [-0.05, 0) is 19.8 Å². The summed E-state index contributed by atoms with van der Waals surface area (Å²) in [6.45, 7) is 4.08. The highest BCUT2D eigenvalue weighted by atomic mass is 16.5. The van der Waals surface area contributed by atoms with E-state index in [9.17, 15) is 14.4 Å². The van der Waals surface area contributed by atoms with Crippen molar-refractivity contribution < 1.29 is 19.1 Å². The number of nitrogens with zero attached hydrogens (tertiary/aromatic N) is 5. The van der Waals surface area contributed by atoms with Crippen LogP contribution in [0.5, 0.6) is 0 Å². The number of fused-ring (bicyclic) bond motifs is 1. The second kappa shape index (κ2) is 9.03. The molecule has 1 aliphatic carbocycles. The molecule has 0 radical (unpaired) electrons. The van der Waals surface area contributed by atoms with Gasteiger partial charge in [0.05, 0.1) is 12.8 Å². The summed E-state index contributed by atoms with van der Waals surface area (Å²) < 4.78 is 5.27. The molecule has 0 N–H and O–H groups in total. The molecule has 0 spiro atoms. The van der Waals surface area contributed by atoms with Crippen molar-refractivity contribution in [1.82, 2.24) is 24.7 Å². The maximum atomic E-state index is 13.2. The van der Waals surface area contributed by atoms with Crippen LogP contribution in [0, 0.1) is 5.92 Å². The van der Waals surface area contributed by atoms with Crippen molar-refractivity contribution in [2.24, 2.45) is 5.92 Å². The van der Waals surface area contributed by atoms with Gasteiger partial charge in [-0.1, -0.05) is 12.8 Å². The molecule has 2 amide bonds. The van der Waals surface area contributed by atoms with Crippen LogP contribution < -0.4 is 0 Å². The summed E-state index contributed by atoms with van der Waals surface area (Å²) >= 11 is 0. The topological polar surface area (TPSA) is 95.9 Å². The largest absolute Gasteiger partial charge is 0.462 e. The fraction of sp³-hybridized carbons (Fsp3) is 0.591. The highest BCUT2D eigenvalue weighted by Crippen LogP contribution is 2.40. The lowest BCUT2D eigenvalue weighted by atomic mass is 9.76. The Bertz CT molecular complexity index is 879. The summed E-state index contributed by atoms with van der Waals surface area (Å²) in [7, 11) is 1.79. The van der Waals surface area contributed by atoms with Gasteiger partial charge >= 0.3 is 5.97 Å². The van der Waals surface area contributed by atoms with E-state index >= 15 is 0 Å². The number of amides is 2. The van der Waals surface area contributed by atoms with Crippen LogP contribution in [0.15, 0.2) is 29.9 Å². The van der Waals surface area contributed by atoms with Crippen LogP contribution in [0.3, 0.4) is 0 Å². The number of hydrogen-bond donors (Lipinski definition) is 0. The Hall–Kier alpha value is -2.97. The molecule has 3 aliphatic rings. The molecule has 1 aromatic heterocycles. The Balaban J connectivity index is 1.60. The van der Waals surface area contributed by atoms with Gasteiger partial charge in [0.1, 0.15) is 11.3 Å². The molecule has 1 saturated heterocycles. The number of carbonyl (C=O) groups excluding carboxylic acids is 3. The van der Waals surface area contributed by atoms with Crippen LogP contribution in [0.4, 0.5) is 0 Å². The smallest absolute Gasteiger partial charge is 0.345 e. The van der Waals surface area contributed by atoms with E-state index in [-0.39, 0.29) is 36.0 Å². The average molecular weight is 428 g/mol. The molecule has 0 aromatic carbocycles. The third-order valence-corrected chi connectivity index (χ3v) is 6.54. The molecule has 2 aliphatic heterocycles. The lowest BCUT2D eigenvalue weighted by Crippen LogP contribution is -2.56. The first-order chi connectivity index (χ1) is 15.0. The Morgan fingerprint density at radius 1 is 1.13 bits per heavy atom. The Morgan fingerprint density at radius 2 is 1.87 bits per heavy atom. The molecular weight excluding hydrogens is 398 g/mol. The van der Waals surface area contributed by atoms with E-state index in [1.54, 1.807) is 23.8 Å². The minimum Gasteiger partial charge on any atom is -0.462 e. The van der Waals surface area contributed by atoms with Crippen LogP contribution >= 0.6 is 0 Å². The van der Waals surface area contributed by atoms with Gasteiger partial charge in [-0.3, -0.25) is 14.6 Å². The van der Waals surface area contributed by atoms with Crippen molar-refractivity contribution in [2.75, 3.05) is 39.8 Å². The maximum Gasteiger partial charge on any atom is 0.345 e. The van der Waals surface area contributed by atoms with Crippen molar-refractivity contribution in [2.45, 2.75) is 38.6 Å². The molecule has 2 atom stereocenters. The first-order valence-corrected chi connectivity index (χ1v) is 11.0. The van der Waals surface area contributed by atoms with Crippen LogP contribution in [0.2, 0.25) is 0 Å². The molecule has 4 rings (SSSR count). The Morgan fingerprint density at radius 3 is 2.55 bits per heavy atom. The second-order valence-corrected chi connectivity index (χ2v) is 8.22. The number of carbonyl (C=O) groups is 3. The van der Waals surface area contributed by atoms with Crippen LogP contribution in [-0.2, 0) is 14.3 Å². The highest BCUT2D eigenvalue weighted by Gasteiger charge is 2.46. The van der Waals surface area contributed by atoms with Gasteiger partial charge in [-0.2, -0.15) is 0 Å². The molecule has 2 unspecified atom stereocenters. The summed E-state index contributed by atoms with van der Waals surface area (Å²) in [6.07, 6.45) is 8.56. The van der Waals surface area contributed by atoms with Crippen molar-refractivity contribution >= 4 is 17.8 Å². The zero-order chi connectivity index (χ0) is 22.0. The Kier molecular flexibility index (Phi) is 6.20. The van der Waals surface area contributed by atoms with E-state index in [0.717, 1.165) is 31.4 Å². The van der Waals surface area contributed by atoms with Crippen molar-refractivity contribution in [3.63, 3.8) is 0 Å². The number of likely N-dealkylation sites (N-methyl/N-ethyl adjacent to an activating group) is 1. The second-order valence-electron chi connectivity index (χ2n) is 8.22. The predicted octanol–water partition coefficient (Wildman–Crippen LogP) is 1.08. The summed E-state index contributed by atoms with van der Waals surface area (Å²) in [5.41, 5.74) is 1.31. The molecular formula is C22H29N5O4. The van der Waals surface area contributed by atoms with Gasteiger partial charge in [0.25, 0.3) is 11.8 Å². The normalized spacial score (nSPS) is 24.2. The van der Waals surface area contributed by atoms with Crippen molar-refractivity contribution in [1.29, 1.82) is 0 Å². The third kappa shape index (κ3) is 4.00. The molecule has 1 saturated carbocycles. The van der Waals surface area contributed by atoms with Crippen molar-refractivity contribution in [3.05, 3.63) is 35.6 Å². The zero-order valence-corrected chi connectivity index (χ0v) is 18.1.